The zero-order chi connectivity index (χ0) is 11.6. The maximum Gasteiger partial charge on any atom is 0.149 e. The first-order valence-electron chi connectivity index (χ1n) is 5.90. The van der Waals surface area contributed by atoms with Gasteiger partial charge in [-0.25, -0.2) is 0 Å². The molecule has 1 fully saturated rings. The second kappa shape index (κ2) is 4.51. The van der Waals surface area contributed by atoms with Crippen LogP contribution in [0.4, 0.5) is 0 Å². The smallest absolute Gasteiger partial charge is 0.149 e. The summed E-state index contributed by atoms with van der Waals surface area (Å²) in [7, 11) is 1.93. The van der Waals surface area contributed by atoms with Crippen LogP contribution in [0.2, 0.25) is 0 Å². The van der Waals surface area contributed by atoms with Crippen LogP contribution in [0, 0.1) is 0 Å². The van der Waals surface area contributed by atoms with Crippen LogP contribution in [0.1, 0.15) is 44.5 Å². The Morgan fingerprint density at radius 3 is 2.81 bits per heavy atom. The Balaban J connectivity index is 1.88. The van der Waals surface area contributed by atoms with E-state index in [2.05, 4.69) is 15.5 Å². The van der Waals surface area contributed by atoms with Gasteiger partial charge in [0.05, 0.1) is 11.6 Å². The average Bonchev–Trinajstić information content (AvgIpc) is 2.85. The van der Waals surface area contributed by atoms with E-state index in [9.17, 15) is 5.11 Å². The number of aryl methyl sites for hydroxylation is 1. The summed E-state index contributed by atoms with van der Waals surface area (Å²) in [6.07, 6.45) is 5.78. The average molecular weight is 224 g/mol. The first kappa shape index (κ1) is 11.5. The van der Waals surface area contributed by atoms with Gasteiger partial charge >= 0.3 is 0 Å². The molecule has 1 aliphatic carbocycles. The van der Waals surface area contributed by atoms with Crippen LogP contribution in [-0.4, -0.2) is 32.0 Å². The minimum atomic E-state index is -0.507. The Morgan fingerprint density at radius 1 is 1.56 bits per heavy atom. The molecule has 0 aliphatic heterocycles. The van der Waals surface area contributed by atoms with Gasteiger partial charge in [-0.2, -0.15) is 0 Å². The Morgan fingerprint density at radius 2 is 2.25 bits per heavy atom. The zero-order valence-corrected chi connectivity index (χ0v) is 9.98. The van der Waals surface area contributed by atoms with Gasteiger partial charge < -0.3 is 15.0 Å². The van der Waals surface area contributed by atoms with Crippen LogP contribution in [-0.2, 0) is 7.05 Å². The minimum Gasteiger partial charge on any atom is -0.389 e. The fourth-order valence-corrected chi connectivity index (χ4v) is 2.33. The Labute approximate surface area is 95.9 Å². The Kier molecular flexibility index (Phi) is 3.25. The van der Waals surface area contributed by atoms with Crippen molar-refractivity contribution in [2.24, 2.45) is 7.05 Å². The van der Waals surface area contributed by atoms with E-state index in [-0.39, 0.29) is 6.04 Å². The lowest BCUT2D eigenvalue weighted by molar-refractivity contribution is 0.0450. The highest BCUT2D eigenvalue weighted by Gasteiger charge is 2.31. The molecule has 0 radical (unpaired) electrons. The lowest BCUT2D eigenvalue weighted by Gasteiger charge is -2.24. The summed E-state index contributed by atoms with van der Waals surface area (Å²) in [5.74, 6) is 0.904. The number of aliphatic hydroxyl groups is 1. The molecular weight excluding hydrogens is 204 g/mol. The maximum atomic E-state index is 10.2. The van der Waals surface area contributed by atoms with E-state index in [4.69, 9.17) is 0 Å². The second-order valence-electron chi connectivity index (χ2n) is 4.83. The molecule has 1 unspecified atom stereocenters. The van der Waals surface area contributed by atoms with Crippen molar-refractivity contribution in [1.82, 2.24) is 20.1 Å². The molecule has 90 valence electrons. The van der Waals surface area contributed by atoms with Crippen molar-refractivity contribution in [3.8, 4) is 0 Å². The van der Waals surface area contributed by atoms with Crippen LogP contribution >= 0.6 is 0 Å². The van der Waals surface area contributed by atoms with Gasteiger partial charge in [0, 0.05) is 13.6 Å². The summed E-state index contributed by atoms with van der Waals surface area (Å²) in [5, 5.41) is 21.4. The number of hydrogen-bond donors (Lipinski definition) is 2. The summed E-state index contributed by atoms with van der Waals surface area (Å²) >= 11 is 0. The third-order valence-electron chi connectivity index (χ3n) is 3.41. The van der Waals surface area contributed by atoms with Crippen molar-refractivity contribution in [2.75, 3.05) is 6.54 Å². The molecule has 1 aromatic rings. The molecule has 2 N–H and O–H groups in total. The molecule has 16 heavy (non-hydrogen) atoms. The van der Waals surface area contributed by atoms with E-state index < -0.39 is 5.60 Å². The van der Waals surface area contributed by atoms with Crippen LogP contribution in [0.15, 0.2) is 6.33 Å². The Hall–Kier alpha value is -0.940. The predicted molar refractivity (Wildman–Crippen MR) is 60.8 cm³/mol. The van der Waals surface area contributed by atoms with Crippen molar-refractivity contribution in [2.45, 2.75) is 44.2 Å². The molecule has 5 nitrogen and oxygen atoms in total. The summed E-state index contributed by atoms with van der Waals surface area (Å²) in [6, 6.07) is 0.122. The summed E-state index contributed by atoms with van der Waals surface area (Å²) < 4.78 is 1.90. The largest absolute Gasteiger partial charge is 0.389 e. The van der Waals surface area contributed by atoms with Crippen LogP contribution in [0.25, 0.3) is 0 Å². The van der Waals surface area contributed by atoms with Crippen LogP contribution in [0.5, 0.6) is 0 Å². The van der Waals surface area contributed by atoms with Gasteiger partial charge in [-0.1, -0.05) is 12.8 Å². The molecule has 1 atom stereocenters. The quantitative estimate of drug-likeness (QED) is 0.793. The van der Waals surface area contributed by atoms with E-state index in [1.54, 1.807) is 6.33 Å². The standard InChI is InChI=1S/C11H20N4O/c1-9(10-14-13-8-15(10)2)12-7-11(16)5-3-4-6-11/h8-9,12,16H,3-7H2,1-2H3. The molecule has 0 amide bonds. The van der Waals surface area contributed by atoms with Gasteiger partial charge in [-0.05, 0) is 19.8 Å². The highest BCUT2D eigenvalue weighted by molar-refractivity contribution is 4.94. The summed E-state index contributed by atoms with van der Waals surface area (Å²) in [6.45, 7) is 2.68. The molecule has 1 aromatic heterocycles. The molecule has 0 bridgehead atoms. The molecule has 0 aromatic carbocycles. The lowest BCUT2D eigenvalue weighted by atomic mass is 10.0. The van der Waals surface area contributed by atoms with E-state index in [1.807, 2.05) is 18.5 Å². The number of nitrogens with one attached hydrogen (secondary N) is 1. The topological polar surface area (TPSA) is 63.0 Å². The summed E-state index contributed by atoms with van der Waals surface area (Å²) in [4.78, 5) is 0. The van der Waals surface area contributed by atoms with E-state index in [1.165, 1.54) is 0 Å². The molecule has 1 heterocycles. The molecule has 1 aliphatic rings. The third-order valence-corrected chi connectivity index (χ3v) is 3.41. The fraction of sp³-hybridized carbons (Fsp3) is 0.818. The van der Waals surface area contributed by atoms with Gasteiger partial charge in [0.25, 0.3) is 0 Å². The normalized spacial score (nSPS) is 21.2. The molecule has 0 spiro atoms. The van der Waals surface area contributed by atoms with Gasteiger partial charge in [-0.15, -0.1) is 10.2 Å². The SMILES string of the molecule is CC(NCC1(O)CCCC1)c1nncn1C. The highest BCUT2D eigenvalue weighted by atomic mass is 16.3. The predicted octanol–water partition coefficient (Wildman–Crippen LogP) is 0.771. The number of aromatic nitrogens is 3. The van der Waals surface area contributed by atoms with Gasteiger partial charge in [0.1, 0.15) is 12.2 Å². The second-order valence-corrected chi connectivity index (χ2v) is 4.83. The fourth-order valence-electron chi connectivity index (χ4n) is 2.33. The summed E-state index contributed by atoms with van der Waals surface area (Å²) in [5.41, 5.74) is -0.507. The van der Waals surface area contributed by atoms with E-state index in [0.717, 1.165) is 31.5 Å². The third kappa shape index (κ3) is 2.41. The molecule has 5 heteroatoms. The van der Waals surface area contributed by atoms with E-state index in [0.29, 0.717) is 6.54 Å². The molecule has 2 rings (SSSR count). The Bertz CT molecular complexity index is 344. The molecule has 0 saturated heterocycles. The zero-order valence-electron chi connectivity index (χ0n) is 9.98. The van der Waals surface area contributed by atoms with Gasteiger partial charge in [0.15, 0.2) is 0 Å². The van der Waals surface area contributed by atoms with Crippen molar-refractivity contribution < 1.29 is 5.11 Å². The number of hydrogen-bond acceptors (Lipinski definition) is 4. The van der Waals surface area contributed by atoms with Crippen molar-refractivity contribution >= 4 is 0 Å². The van der Waals surface area contributed by atoms with Gasteiger partial charge in [-0.3, -0.25) is 0 Å². The maximum absolute atomic E-state index is 10.2. The molecular formula is C11H20N4O. The molecule has 1 saturated carbocycles. The lowest BCUT2D eigenvalue weighted by Crippen LogP contribution is -2.39. The minimum absolute atomic E-state index is 0.122. The first-order valence-corrected chi connectivity index (χ1v) is 5.90. The van der Waals surface area contributed by atoms with Crippen LogP contribution < -0.4 is 5.32 Å². The van der Waals surface area contributed by atoms with Crippen molar-refractivity contribution in [3.63, 3.8) is 0 Å². The van der Waals surface area contributed by atoms with Gasteiger partial charge in [0.2, 0.25) is 0 Å². The van der Waals surface area contributed by atoms with Crippen molar-refractivity contribution in [1.29, 1.82) is 0 Å². The first-order chi connectivity index (χ1) is 7.61. The van der Waals surface area contributed by atoms with Crippen LogP contribution in [0.3, 0.4) is 0 Å². The monoisotopic (exact) mass is 224 g/mol. The number of nitrogens with zero attached hydrogens (tertiary/aromatic N) is 3. The van der Waals surface area contributed by atoms with E-state index >= 15 is 0 Å². The highest BCUT2D eigenvalue weighted by Crippen LogP contribution is 2.29. The number of rotatable bonds is 4. The van der Waals surface area contributed by atoms with Crippen molar-refractivity contribution in [3.05, 3.63) is 12.2 Å².